The van der Waals surface area contributed by atoms with Gasteiger partial charge < -0.3 is 15.0 Å². The van der Waals surface area contributed by atoms with E-state index in [4.69, 9.17) is 4.74 Å². The molecule has 2 atom stereocenters. The molecule has 2 unspecified atom stereocenters. The van der Waals surface area contributed by atoms with Gasteiger partial charge in [0, 0.05) is 32.4 Å². The van der Waals surface area contributed by atoms with Crippen LogP contribution in [-0.4, -0.2) is 60.0 Å². The molecule has 3 heterocycles. The number of nitrogens with one attached hydrogen (secondary N) is 1. The van der Waals surface area contributed by atoms with Crippen molar-refractivity contribution in [1.82, 2.24) is 20.0 Å². The summed E-state index contributed by atoms with van der Waals surface area (Å²) in [5, 5.41) is 7.94. The summed E-state index contributed by atoms with van der Waals surface area (Å²) >= 11 is 0. The van der Waals surface area contributed by atoms with Gasteiger partial charge in [-0.3, -0.25) is 9.48 Å². The molecule has 2 aliphatic heterocycles. The van der Waals surface area contributed by atoms with E-state index in [9.17, 15) is 4.79 Å². The highest BCUT2D eigenvalue weighted by atomic mass is 35.5. The Morgan fingerprint density at radius 2 is 2.29 bits per heavy atom. The molecule has 24 heavy (non-hydrogen) atoms. The summed E-state index contributed by atoms with van der Waals surface area (Å²) < 4.78 is 7.48. The predicted molar refractivity (Wildman–Crippen MR) is 95.7 cm³/mol. The summed E-state index contributed by atoms with van der Waals surface area (Å²) in [5.74, 6) is 0.519. The second-order valence-corrected chi connectivity index (χ2v) is 6.60. The summed E-state index contributed by atoms with van der Waals surface area (Å²) in [7, 11) is 0. The van der Waals surface area contributed by atoms with Crippen molar-refractivity contribution in [2.24, 2.45) is 5.92 Å². The quantitative estimate of drug-likeness (QED) is 0.877. The van der Waals surface area contributed by atoms with Gasteiger partial charge in [-0.2, -0.15) is 5.10 Å². The Bertz CT molecular complexity index is 516. The van der Waals surface area contributed by atoms with Crippen molar-refractivity contribution >= 4 is 18.3 Å². The number of amides is 1. The first-order valence-corrected chi connectivity index (χ1v) is 8.91. The number of nitrogens with zero attached hydrogens (tertiary/aromatic N) is 3. The van der Waals surface area contributed by atoms with Gasteiger partial charge in [-0.1, -0.05) is 0 Å². The van der Waals surface area contributed by atoms with Crippen molar-refractivity contribution in [3.8, 4) is 0 Å². The summed E-state index contributed by atoms with van der Waals surface area (Å²) in [5.41, 5.74) is 0.577. The van der Waals surface area contributed by atoms with Crippen LogP contribution in [0.15, 0.2) is 12.3 Å². The number of carbonyl (C=O) groups excluding carboxylic acids is 1. The first kappa shape index (κ1) is 19.2. The molecule has 1 aromatic rings. The molecule has 0 aliphatic carbocycles. The molecule has 2 saturated heterocycles. The second kappa shape index (κ2) is 9.39. The third kappa shape index (κ3) is 4.71. The van der Waals surface area contributed by atoms with E-state index in [1.165, 1.54) is 6.42 Å². The fourth-order valence-corrected chi connectivity index (χ4v) is 3.55. The number of likely N-dealkylation sites (tertiary alicyclic amines) is 1. The number of aromatic nitrogens is 2. The molecule has 0 saturated carbocycles. The van der Waals surface area contributed by atoms with E-state index in [1.54, 1.807) is 0 Å². The Kier molecular flexibility index (Phi) is 7.52. The van der Waals surface area contributed by atoms with Crippen LogP contribution in [0.2, 0.25) is 0 Å². The lowest BCUT2D eigenvalue weighted by atomic mass is 9.99. The van der Waals surface area contributed by atoms with Crippen LogP contribution in [0, 0.1) is 5.92 Å². The minimum absolute atomic E-state index is 0. The molecule has 7 heteroatoms. The van der Waals surface area contributed by atoms with E-state index < -0.39 is 0 Å². The third-order valence-electron chi connectivity index (χ3n) is 4.84. The molecule has 2 aliphatic rings. The van der Waals surface area contributed by atoms with Gasteiger partial charge >= 0.3 is 0 Å². The normalized spacial score (nSPS) is 24.5. The van der Waals surface area contributed by atoms with E-state index in [0.29, 0.717) is 17.7 Å². The zero-order valence-corrected chi connectivity index (χ0v) is 15.3. The monoisotopic (exact) mass is 356 g/mol. The summed E-state index contributed by atoms with van der Waals surface area (Å²) in [6, 6.07) is 2.24. The first-order valence-electron chi connectivity index (χ1n) is 8.91. The van der Waals surface area contributed by atoms with Crippen LogP contribution in [0.3, 0.4) is 0 Å². The molecule has 2 fully saturated rings. The van der Waals surface area contributed by atoms with Crippen LogP contribution in [0.5, 0.6) is 0 Å². The molecule has 0 bridgehead atoms. The zero-order chi connectivity index (χ0) is 16.1. The number of hydrogen-bond acceptors (Lipinski definition) is 4. The standard InChI is InChI=1S/C17H28N4O2.ClH/c1-2-23-13-14-5-4-9-20(12-14)17(22)16-7-10-21(19-16)15-6-3-8-18-11-15;/h7,10,14-15,18H,2-6,8-9,11-13H2,1H3;1H. The van der Waals surface area contributed by atoms with Gasteiger partial charge in [0.2, 0.25) is 0 Å². The number of carbonyl (C=O) groups is 1. The van der Waals surface area contributed by atoms with Gasteiger partial charge in [-0.15, -0.1) is 12.4 Å². The average molecular weight is 357 g/mol. The Balaban J connectivity index is 0.00000208. The van der Waals surface area contributed by atoms with Crippen LogP contribution < -0.4 is 5.32 Å². The van der Waals surface area contributed by atoms with Crippen molar-refractivity contribution in [3.63, 3.8) is 0 Å². The molecular weight excluding hydrogens is 328 g/mol. The molecule has 1 amide bonds. The van der Waals surface area contributed by atoms with E-state index >= 15 is 0 Å². The lowest BCUT2D eigenvalue weighted by Gasteiger charge is -2.32. The van der Waals surface area contributed by atoms with Crippen molar-refractivity contribution in [2.45, 2.75) is 38.6 Å². The highest BCUT2D eigenvalue weighted by Crippen LogP contribution is 2.20. The Morgan fingerprint density at radius 3 is 3.04 bits per heavy atom. The maximum atomic E-state index is 12.7. The largest absolute Gasteiger partial charge is 0.381 e. The number of halogens is 1. The maximum absolute atomic E-state index is 12.7. The lowest BCUT2D eigenvalue weighted by Crippen LogP contribution is -2.41. The van der Waals surface area contributed by atoms with Gasteiger partial charge in [0.25, 0.3) is 5.91 Å². The Morgan fingerprint density at radius 1 is 1.42 bits per heavy atom. The molecule has 1 aromatic heterocycles. The first-order chi connectivity index (χ1) is 11.3. The van der Waals surface area contributed by atoms with Gasteiger partial charge in [0.15, 0.2) is 0 Å². The van der Waals surface area contributed by atoms with Gasteiger partial charge in [0.05, 0.1) is 12.6 Å². The summed E-state index contributed by atoms with van der Waals surface area (Å²) in [6.07, 6.45) is 6.44. The molecule has 1 N–H and O–H groups in total. The van der Waals surface area contributed by atoms with Crippen LogP contribution in [-0.2, 0) is 4.74 Å². The van der Waals surface area contributed by atoms with Crippen molar-refractivity contribution in [1.29, 1.82) is 0 Å². The topological polar surface area (TPSA) is 59.4 Å². The number of hydrogen-bond donors (Lipinski definition) is 1. The fourth-order valence-electron chi connectivity index (χ4n) is 3.55. The summed E-state index contributed by atoms with van der Waals surface area (Å²) in [6.45, 7) is 7.15. The van der Waals surface area contributed by atoms with E-state index in [0.717, 1.165) is 58.7 Å². The minimum Gasteiger partial charge on any atom is -0.381 e. The van der Waals surface area contributed by atoms with Crippen LogP contribution >= 0.6 is 12.4 Å². The molecular formula is C17H29ClN4O2. The number of ether oxygens (including phenoxy) is 1. The van der Waals surface area contributed by atoms with Gasteiger partial charge in [-0.05, 0) is 51.1 Å². The second-order valence-electron chi connectivity index (χ2n) is 6.60. The van der Waals surface area contributed by atoms with Crippen molar-refractivity contribution in [3.05, 3.63) is 18.0 Å². The number of rotatable bonds is 5. The highest BCUT2D eigenvalue weighted by molar-refractivity contribution is 5.92. The molecule has 0 aromatic carbocycles. The molecule has 6 nitrogen and oxygen atoms in total. The third-order valence-corrected chi connectivity index (χ3v) is 4.84. The smallest absolute Gasteiger partial charge is 0.274 e. The Hall–Kier alpha value is -1.11. The molecule has 0 radical (unpaired) electrons. The highest BCUT2D eigenvalue weighted by Gasteiger charge is 2.26. The van der Waals surface area contributed by atoms with E-state index in [-0.39, 0.29) is 18.3 Å². The average Bonchev–Trinajstić information content (AvgIpc) is 3.10. The van der Waals surface area contributed by atoms with Crippen LogP contribution in [0.4, 0.5) is 0 Å². The zero-order valence-electron chi connectivity index (χ0n) is 14.4. The van der Waals surface area contributed by atoms with Crippen LogP contribution in [0.25, 0.3) is 0 Å². The van der Waals surface area contributed by atoms with Crippen molar-refractivity contribution < 1.29 is 9.53 Å². The predicted octanol–water partition coefficient (Wildman–Crippen LogP) is 2.12. The van der Waals surface area contributed by atoms with E-state index in [2.05, 4.69) is 10.4 Å². The van der Waals surface area contributed by atoms with E-state index in [1.807, 2.05) is 28.8 Å². The summed E-state index contributed by atoms with van der Waals surface area (Å²) in [4.78, 5) is 14.7. The molecule has 0 spiro atoms. The minimum atomic E-state index is 0. The molecule has 3 rings (SSSR count). The molecule has 136 valence electrons. The maximum Gasteiger partial charge on any atom is 0.274 e. The Labute approximate surface area is 150 Å². The van der Waals surface area contributed by atoms with Gasteiger partial charge in [-0.25, -0.2) is 0 Å². The number of piperidine rings is 2. The fraction of sp³-hybridized carbons (Fsp3) is 0.765. The van der Waals surface area contributed by atoms with Crippen molar-refractivity contribution in [2.75, 3.05) is 39.4 Å². The lowest BCUT2D eigenvalue weighted by molar-refractivity contribution is 0.0495. The van der Waals surface area contributed by atoms with Gasteiger partial charge in [0.1, 0.15) is 5.69 Å². The van der Waals surface area contributed by atoms with Crippen LogP contribution in [0.1, 0.15) is 49.1 Å². The SMILES string of the molecule is CCOCC1CCCN(C(=O)c2ccn(C3CCCNC3)n2)C1.Cl.